The smallest absolute Gasteiger partial charge is 0.364 e. The van der Waals surface area contributed by atoms with Crippen molar-refractivity contribution < 1.29 is 26.0 Å². The number of nitrogens with zero attached hydrogens (tertiary/aromatic N) is 4. The fourth-order valence-electron chi connectivity index (χ4n) is 5.27. The number of alkyl halides is 3. The lowest BCUT2D eigenvalue weighted by Crippen LogP contribution is -2.33. The molecule has 1 saturated heterocycles. The predicted molar refractivity (Wildman–Crippen MR) is 123 cm³/mol. The van der Waals surface area contributed by atoms with E-state index in [-0.39, 0.29) is 42.1 Å². The van der Waals surface area contributed by atoms with Gasteiger partial charge >= 0.3 is 6.18 Å². The molecule has 0 radical (unpaired) electrons. The summed E-state index contributed by atoms with van der Waals surface area (Å²) < 4.78 is 79.7. The molecule has 3 atom stereocenters. The molecule has 2 heterocycles. The van der Waals surface area contributed by atoms with Crippen LogP contribution in [0.5, 0.6) is 0 Å². The first-order valence-electron chi connectivity index (χ1n) is 11.7. The fourth-order valence-corrected chi connectivity index (χ4v) is 6.18. The Labute approximate surface area is 201 Å². The van der Waals surface area contributed by atoms with E-state index in [0.29, 0.717) is 18.7 Å². The van der Waals surface area contributed by atoms with Gasteiger partial charge in [-0.3, -0.25) is 0 Å². The predicted octanol–water partition coefficient (Wildman–Crippen LogP) is 3.89. The summed E-state index contributed by atoms with van der Waals surface area (Å²) in [7, 11) is -3.27. The van der Waals surface area contributed by atoms with Gasteiger partial charge in [0.15, 0.2) is 11.6 Å². The molecular formula is C23H27F4N5O2S. The quantitative estimate of drug-likeness (QED) is 0.567. The zero-order valence-corrected chi connectivity index (χ0v) is 20.0. The topological polar surface area (TPSA) is 78.4 Å². The first kappa shape index (κ1) is 24.2. The Morgan fingerprint density at radius 3 is 2.43 bits per heavy atom. The Hall–Kier alpha value is -2.47. The third kappa shape index (κ3) is 5.09. The van der Waals surface area contributed by atoms with Crippen LogP contribution in [-0.2, 0) is 22.7 Å². The van der Waals surface area contributed by atoms with Crippen LogP contribution in [-0.4, -0.2) is 54.1 Å². The molecule has 1 aromatic carbocycles. The minimum absolute atomic E-state index is 0.0588. The van der Waals surface area contributed by atoms with Crippen molar-refractivity contribution >= 4 is 21.7 Å². The van der Waals surface area contributed by atoms with Crippen LogP contribution in [0.4, 0.5) is 29.2 Å². The van der Waals surface area contributed by atoms with Crippen LogP contribution in [0.15, 0.2) is 30.6 Å². The Morgan fingerprint density at radius 2 is 1.80 bits per heavy atom. The first-order valence-corrected chi connectivity index (χ1v) is 13.5. The van der Waals surface area contributed by atoms with Crippen molar-refractivity contribution in [2.75, 3.05) is 29.6 Å². The van der Waals surface area contributed by atoms with Crippen molar-refractivity contribution in [2.24, 2.45) is 11.8 Å². The lowest BCUT2D eigenvalue weighted by Gasteiger charge is -2.26. The molecule has 0 bridgehead atoms. The van der Waals surface area contributed by atoms with Crippen LogP contribution in [0.25, 0.3) is 0 Å². The summed E-state index contributed by atoms with van der Waals surface area (Å²) in [5.41, 5.74) is -0.0991. The molecule has 3 fully saturated rings. The molecule has 35 heavy (non-hydrogen) atoms. The summed E-state index contributed by atoms with van der Waals surface area (Å²) in [5, 5.41) is 3.20. The number of anilines is 2. The van der Waals surface area contributed by atoms with Gasteiger partial charge in [0.1, 0.15) is 6.33 Å². The molecule has 5 rings (SSSR count). The lowest BCUT2D eigenvalue weighted by atomic mass is 9.98. The van der Waals surface area contributed by atoms with E-state index in [9.17, 15) is 21.6 Å². The second-order valence-corrected chi connectivity index (χ2v) is 11.7. The first-order chi connectivity index (χ1) is 16.5. The van der Waals surface area contributed by atoms with Gasteiger partial charge in [-0.1, -0.05) is 12.1 Å². The number of hydrogen-bond acceptors (Lipinski definition) is 6. The molecule has 0 amide bonds. The molecule has 1 N–H and O–H groups in total. The van der Waals surface area contributed by atoms with Crippen molar-refractivity contribution in [2.45, 2.75) is 50.5 Å². The highest BCUT2D eigenvalue weighted by Crippen LogP contribution is 2.41. The molecule has 3 aliphatic rings. The Morgan fingerprint density at radius 1 is 1.09 bits per heavy atom. The van der Waals surface area contributed by atoms with Crippen LogP contribution < -0.4 is 10.2 Å². The van der Waals surface area contributed by atoms with Crippen molar-refractivity contribution in [1.29, 1.82) is 0 Å². The summed E-state index contributed by atoms with van der Waals surface area (Å²) in [6, 6.07) is 4.83. The SMILES string of the molecule is CS(=O)(=O)N1CC2CCC(Nc3ncnc(N(Cc4ccc(C(F)(F)F)cc4)C4CC4)c3F)C2C1. The molecule has 7 nitrogen and oxygen atoms in total. The summed E-state index contributed by atoms with van der Waals surface area (Å²) in [6.45, 7) is 1.12. The third-order valence-corrected chi connectivity index (χ3v) is 8.52. The van der Waals surface area contributed by atoms with Crippen molar-refractivity contribution in [3.8, 4) is 0 Å². The summed E-state index contributed by atoms with van der Waals surface area (Å²) in [4.78, 5) is 10.1. The summed E-state index contributed by atoms with van der Waals surface area (Å²) >= 11 is 0. The molecule has 12 heteroatoms. The van der Waals surface area contributed by atoms with Gasteiger partial charge in [0.25, 0.3) is 0 Å². The van der Waals surface area contributed by atoms with Crippen molar-refractivity contribution in [3.63, 3.8) is 0 Å². The standard InChI is InChI=1S/C23H27F4N5O2S/c1-35(33,34)31-11-15-4-9-19(18(15)12-31)30-21-20(24)22(29-13-28-21)32(17-7-8-17)10-14-2-5-16(6-3-14)23(25,26)27/h2-3,5-6,13,15,17-19H,4,7-12H2,1H3,(H,28,29,30). The van der Waals surface area contributed by atoms with E-state index in [1.54, 1.807) is 4.90 Å². The van der Waals surface area contributed by atoms with E-state index in [2.05, 4.69) is 15.3 Å². The molecule has 1 aromatic heterocycles. The number of sulfonamides is 1. The maximum absolute atomic E-state index is 15.6. The second kappa shape index (κ2) is 8.88. The zero-order valence-electron chi connectivity index (χ0n) is 19.2. The van der Waals surface area contributed by atoms with Gasteiger partial charge in [-0.25, -0.2) is 22.7 Å². The average Bonchev–Trinajstić information content (AvgIpc) is 3.42. The van der Waals surface area contributed by atoms with E-state index in [4.69, 9.17) is 0 Å². The van der Waals surface area contributed by atoms with Crippen LogP contribution in [0, 0.1) is 17.7 Å². The molecule has 1 aliphatic heterocycles. The maximum atomic E-state index is 15.6. The molecule has 3 unspecified atom stereocenters. The Balaban J connectivity index is 1.33. The summed E-state index contributed by atoms with van der Waals surface area (Å²) in [5.74, 6) is -0.115. The van der Waals surface area contributed by atoms with Gasteiger partial charge in [-0.05, 0) is 55.2 Å². The highest BCUT2D eigenvalue weighted by molar-refractivity contribution is 7.88. The monoisotopic (exact) mass is 513 g/mol. The minimum atomic E-state index is -4.41. The minimum Gasteiger partial charge on any atom is -0.364 e. The molecule has 2 saturated carbocycles. The highest BCUT2D eigenvalue weighted by Gasteiger charge is 2.45. The second-order valence-electron chi connectivity index (χ2n) is 9.75. The van der Waals surface area contributed by atoms with E-state index < -0.39 is 27.6 Å². The van der Waals surface area contributed by atoms with Crippen LogP contribution in [0.3, 0.4) is 0 Å². The molecule has 0 spiro atoms. The van der Waals surface area contributed by atoms with Gasteiger partial charge < -0.3 is 10.2 Å². The van der Waals surface area contributed by atoms with Gasteiger partial charge in [0.05, 0.1) is 11.8 Å². The van der Waals surface area contributed by atoms with E-state index in [0.717, 1.165) is 37.8 Å². The number of nitrogens with one attached hydrogen (secondary N) is 1. The number of hydrogen-bond donors (Lipinski definition) is 1. The fraction of sp³-hybridized carbons (Fsp3) is 0.565. The highest BCUT2D eigenvalue weighted by atomic mass is 32.2. The molecule has 2 aliphatic carbocycles. The molecule has 2 aromatic rings. The van der Waals surface area contributed by atoms with Crippen LogP contribution in [0.1, 0.15) is 36.8 Å². The third-order valence-electron chi connectivity index (χ3n) is 7.28. The van der Waals surface area contributed by atoms with Crippen LogP contribution >= 0.6 is 0 Å². The summed E-state index contributed by atoms with van der Waals surface area (Å²) in [6.07, 6.45) is 1.43. The zero-order chi connectivity index (χ0) is 25.0. The van der Waals surface area contributed by atoms with Crippen LogP contribution in [0.2, 0.25) is 0 Å². The van der Waals surface area contributed by atoms with Gasteiger partial charge in [0.2, 0.25) is 15.8 Å². The molecular weight excluding hydrogens is 486 g/mol. The Kier molecular flexibility index (Phi) is 6.15. The average molecular weight is 514 g/mol. The van der Waals surface area contributed by atoms with E-state index >= 15 is 4.39 Å². The largest absolute Gasteiger partial charge is 0.416 e. The van der Waals surface area contributed by atoms with E-state index in [1.807, 2.05) is 0 Å². The number of benzene rings is 1. The maximum Gasteiger partial charge on any atom is 0.416 e. The van der Waals surface area contributed by atoms with Gasteiger partial charge in [-0.2, -0.15) is 17.6 Å². The van der Waals surface area contributed by atoms with Gasteiger partial charge in [-0.15, -0.1) is 0 Å². The number of aromatic nitrogens is 2. The Bertz CT molecular complexity index is 1190. The normalized spacial score (nSPS) is 25.0. The van der Waals surface area contributed by atoms with Crippen molar-refractivity contribution in [3.05, 3.63) is 47.5 Å². The number of rotatable bonds is 7. The molecule has 190 valence electrons. The van der Waals surface area contributed by atoms with Crippen molar-refractivity contribution in [1.82, 2.24) is 14.3 Å². The lowest BCUT2D eigenvalue weighted by molar-refractivity contribution is -0.137. The van der Waals surface area contributed by atoms with E-state index in [1.165, 1.54) is 29.0 Å². The van der Waals surface area contributed by atoms with Gasteiger partial charge in [0, 0.05) is 31.7 Å². The number of fused-ring (bicyclic) bond motifs is 1. The number of halogens is 4.